The van der Waals surface area contributed by atoms with Gasteiger partial charge in [-0.15, -0.1) is 4.37 Å². The molecule has 4 nitrogen and oxygen atoms in total. The van der Waals surface area contributed by atoms with Crippen LogP contribution >= 0.6 is 23.1 Å². The van der Waals surface area contributed by atoms with E-state index >= 15 is 0 Å². The maximum Gasteiger partial charge on any atom is 0.414 e. The smallest absolute Gasteiger partial charge is 0.414 e. The molecule has 0 unspecified atom stereocenters. The minimum absolute atomic E-state index is 0.0246. The largest absolute Gasteiger partial charge is 0.507 e. The molecular weight excluding hydrogens is 226 g/mol. The first-order valence-electron chi connectivity index (χ1n) is 3.62. The number of phenols is 1. The van der Waals surface area contributed by atoms with Crippen LogP contribution in [0, 0.1) is 0 Å². The van der Waals surface area contributed by atoms with E-state index in [2.05, 4.69) is 4.37 Å². The Kier molecular flexibility index (Phi) is 2.26. The lowest BCUT2D eigenvalue weighted by Crippen LogP contribution is -1.83. The summed E-state index contributed by atoms with van der Waals surface area (Å²) < 4.78 is 8.47. The molecule has 0 radical (unpaired) electrons. The van der Waals surface area contributed by atoms with E-state index in [1.54, 1.807) is 0 Å². The van der Waals surface area contributed by atoms with Gasteiger partial charge in [0.15, 0.2) is 0 Å². The predicted molar refractivity (Wildman–Crippen MR) is 52.8 cm³/mol. The van der Waals surface area contributed by atoms with Gasteiger partial charge in [0.2, 0.25) is 5.89 Å². The van der Waals surface area contributed by atoms with E-state index in [9.17, 15) is 9.90 Å². The van der Waals surface area contributed by atoms with E-state index < -0.39 is 4.94 Å². The van der Waals surface area contributed by atoms with Crippen molar-refractivity contribution >= 4 is 23.1 Å². The third-order valence-electron chi connectivity index (χ3n) is 1.57. The zero-order chi connectivity index (χ0) is 10.1. The zero-order valence-corrected chi connectivity index (χ0v) is 8.30. The van der Waals surface area contributed by atoms with Crippen LogP contribution in [-0.2, 0) is 0 Å². The highest BCUT2D eigenvalue weighted by atomic mass is 35.5. The molecule has 0 aliphatic carbocycles. The maximum absolute atomic E-state index is 10.7. The fourth-order valence-corrected chi connectivity index (χ4v) is 1.56. The van der Waals surface area contributed by atoms with Gasteiger partial charge in [-0.2, -0.15) is 0 Å². The molecule has 0 saturated heterocycles. The first-order chi connectivity index (χ1) is 6.66. The topological polar surface area (TPSA) is 63.3 Å². The summed E-state index contributed by atoms with van der Waals surface area (Å²) >= 11 is 6.41. The van der Waals surface area contributed by atoms with Crippen molar-refractivity contribution in [1.29, 1.82) is 0 Å². The van der Waals surface area contributed by atoms with Gasteiger partial charge in [-0.3, -0.25) is 0 Å². The standard InChI is InChI=1S/C8H4ClNO3S/c9-4-1-2-6(11)5(3-4)7-10-14-8(12)13-7/h1-3,11H. The first-order valence-corrected chi connectivity index (χ1v) is 4.77. The molecule has 1 N–H and O–H groups in total. The predicted octanol–water partition coefficient (Wildman–Crippen LogP) is 2.12. The fraction of sp³-hybridized carbons (Fsp3) is 0. The summed E-state index contributed by atoms with van der Waals surface area (Å²) in [5.41, 5.74) is 0.316. The zero-order valence-electron chi connectivity index (χ0n) is 6.73. The molecule has 1 aromatic heterocycles. The Balaban J connectivity index is 2.61. The van der Waals surface area contributed by atoms with Gasteiger partial charge in [0.05, 0.1) is 17.1 Å². The van der Waals surface area contributed by atoms with E-state index in [1.165, 1.54) is 18.2 Å². The van der Waals surface area contributed by atoms with Crippen LogP contribution in [0.1, 0.15) is 0 Å². The lowest BCUT2D eigenvalue weighted by molar-refractivity contribution is 0.471. The van der Waals surface area contributed by atoms with Crippen LogP contribution in [-0.4, -0.2) is 9.48 Å². The van der Waals surface area contributed by atoms with Gasteiger partial charge >= 0.3 is 4.94 Å². The van der Waals surface area contributed by atoms with E-state index in [0.717, 1.165) is 0 Å². The van der Waals surface area contributed by atoms with Gasteiger partial charge in [-0.1, -0.05) is 11.6 Å². The van der Waals surface area contributed by atoms with E-state index in [1.807, 2.05) is 0 Å². The molecular formula is C8H4ClNO3S. The summed E-state index contributed by atoms with van der Waals surface area (Å²) in [4.78, 5) is 10.2. The summed E-state index contributed by atoms with van der Waals surface area (Å²) in [6.07, 6.45) is 0. The molecule has 0 aliphatic rings. The van der Waals surface area contributed by atoms with Crippen molar-refractivity contribution in [1.82, 2.24) is 4.37 Å². The van der Waals surface area contributed by atoms with Crippen LogP contribution in [0.2, 0.25) is 5.02 Å². The second-order valence-electron chi connectivity index (χ2n) is 2.50. The maximum atomic E-state index is 10.7. The van der Waals surface area contributed by atoms with Crippen LogP contribution < -0.4 is 4.94 Å². The van der Waals surface area contributed by atoms with Crippen LogP contribution in [0.5, 0.6) is 5.75 Å². The number of aromatic nitrogens is 1. The molecule has 2 rings (SSSR count). The van der Waals surface area contributed by atoms with Crippen molar-refractivity contribution < 1.29 is 9.52 Å². The minimum atomic E-state index is -0.514. The minimum Gasteiger partial charge on any atom is -0.507 e. The quantitative estimate of drug-likeness (QED) is 0.814. The Morgan fingerprint density at radius 3 is 2.93 bits per heavy atom. The molecule has 0 aliphatic heterocycles. The van der Waals surface area contributed by atoms with Crippen molar-refractivity contribution in [2.45, 2.75) is 0 Å². The van der Waals surface area contributed by atoms with Crippen LogP contribution in [0.25, 0.3) is 11.5 Å². The number of hydrogen-bond acceptors (Lipinski definition) is 5. The number of halogens is 1. The number of hydrogen-bond donors (Lipinski definition) is 1. The average molecular weight is 230 g/mol. The number of phenolic OH excluding ortho intramolecular Hbond substituents is 1. The molecule has 0 atom stereocenters. The van der Waals surface area contributed by atoms with Gasteiger partial charge in [-0.05, 0) is 18.2 Å². The molecule has 14 heavy (non-hydrogen) atoms. The summed E-state index contributed by atoms with van der Waals surface area (Å²) in [5.74, 6) is 0.0588. The normalized spacial score (nSPS) is 10.4. The molecule has 1 heterocycles. The van der Waals surface area contributed by atoms with Crippen LogP contribution in [0.15, 0.2) is 27.4 Å². The molecule has 72 valence electrons. The third-order valence-corrected chi connectivity index (χ3v) is 2.30. The number of aromatic hydroxyl groups is 1. The number of rotatable bonds is 1. The lowest BCUT2D eigenvalue weighted by atomic mass is 10.2. The highest BCUT2D eigenvalue weighted by molar-refractivity contribution is 7.02. The van der Waals surface area contributed by atoms with Gasteiger partial charge in [0.25, 0.3) is 0 Å². The molecule has 6 heteroatoms. The van der Waals surface area contributed by atoms with E-state index in [-0.39, 0.29) is 11.6 Å². The molecule has 0 amide bonds. The van der Waals surface area contributed by atoms with Crippen LogP contribution in [0.4, 0.5) is 0 Å². The van der Waals surface area contributed by atoms with Gasteiger partial charge in [0.1, 0.15) is 5.75 Å². The lowest BCUT2D eigenvalue weighted by Gasteiger charge is -1.98. The summed E-state index contributed by atoms with van der Waals surface area (Å²) in [6, 6.07) is 4.43. The Labute approximate surface area is 87.6 Å². The van der Waals surface area contributed by atoms with Gasteiger partial charge in [0, 0.05) is 5.02 Å². The molecule has 0 fully saturated rings. The summed E-state index contributed by atoms with van der Waals surface area (Å²) in [5, 5.41) is 9.88. The first kappa shape index (κ1) is 9.23. The van der Waals surface area contributed by atoms with Crippen molar-refractivity contribution in [3.8, 4) is 17.2 Å². The Morgan fingerprint density at radius 2 is 2.29 bits per heavy atom. The molecule has 1 aromatic carbocycles. The molecule has 0 spiro atoms. The molecule has 0 saturated carbocycles. The van der Waals surface area contributed by atoms with Gasteiger partial charge < -0.3 is 9.52 Å². The third kappa shape index (κ3) is 1.64. The van der Waals surface area contributed by atoms with Gasteiger partial charge in [-0.25, -0.2) is 4.79 Å². The number of nitrogens with zero attached hydrogens (tertiary/aromatic N) is 1. The highest BCUT2D eigenvalue weighted by Gasteiger charge is 2.10. The Hall–Kier alpha value is -1.33. The highest BCUT2D eigenvalue weighted by Crippen LogP contribution is 2.29. The average Bonchev–Trinajstić information content (AvgIpc) is 2.56. The Morgan fingerprint density at radius 1 is 1.50 bits per heavy atom. The SMILES string of the molecule is O=c1oc(-c2cc(Cl)ccc2O)ns1. The van der Waals surface area contributed by atoms with E-state index in [4.69, 9.17) is 16.0 Å². The van der Waals surface area contributed by atoms with Crippen molar-refractivity contribution in [3.63, 3.8) is 0 Å². The second kappa shape index (κ2) is 3.43. The number of benzene rings is 1. The molecule has 0 bridgehead atoms. The summed E-state index contributed by atoms with van der Waals surface area (Å²) in [7, 11) is 0. The van der Waals surface area contributed by atoms with E-state index in [0.29, 0.717) is 22.1 Å². The van der Waals surface area contributed by atoms with Crippen molar-refractivity contribution in [2.24, 2.45) is 0 Å². The van der Waals surface area contributed by atoms with Crippen molar-refractivity contribution in [3.05, 3.63) is 33.0 Å². The summed E-state index contributed by atoms with van der Waals surface area (Å²) in [6.45, 7) is 0. The Bertz CT molecular complexity index is 519. The fourth-order valence-electron chi connectivity index (χ4n) is 0.979. The van der Waals surface area contributed by atoms with Crippen molar-refractivity contribution in [2.75, 3.05) is 0 Å². The second-order valence-corrected chi connectivity index (χ2v) is 3.64. The molecule has 2 aromatic rings. The van der Waals surface area contributed by atoms with Crippen LogP contribution in [0.3, 0.4) is 0 Å². The monoisotopic (exact) mass is 229 g/mol.